The summed E-state index contributed by atoms with van der Waals surface area (Å²) in [6.45, 7) is 4.44. The van der Waals surface area contributed by atoms with E-state index in [9.17, 15) is 4.79 Å². The van der Waals surface area contributed by atoms with Gasteiger partial charge in [0.2, 0.25) is 0 Å². The lowest BCUT2D eigenvalue weighted by atomic mass is 10.1. The van der Waals surface area contributed by atoms with Crippen molar-refractivity contribution in [3.63, 3.8) is 0 Å². The van der Waals surface area contributed by atoms with Gasteiger partial charge in [0.15, 0.2) is 0 Å². The molecule has 0 fully saturated rings. The van der Waals surface area contributed by atoms with Crippen LogP contribution in [0.25, 0.3) is 0 Å². The first-order valence-corrected chi connectivity index (χ1v) is 7.92. The minimum absolute atomic E-state index is 0.163. The smallest absolute Gasteiger partial charge is 0.255 e. The van der Waals surface area contributed by atoms with E-state index in [0.717, 1.165) is 17.0 Å². The van der Waals surface area contributed by atoms with E-state index in [4.69, 9.17) is 11.6 Å². The number of amides is 1. The number of hydrogen-bond donors (Lipinski definition) is 1. The zero-order valence-corrected chi connectivity index (χ0v) is 14.2. The maximum absolute atomic E-state index is 12.2. The Morgan fingerprint density at radius 3 is 2.54 bits per heavy atom. The summed E-state index contributed by atoms with van der Waals surface area (Å²) in [5, 5.41) is 7.92. The molecule has 0 unspecified atom stereocenters. The average molecular weight is 341 g/mol. The van der Waals surface area contributed by atoms with E-state index in [0.29, 0.717) is 22.8 Å². The van der Waals surface area contributed by atoms with Gasteiger partial charge in [-0.1, -0.05) is 23.7 Å². The number of anilines is 1. The Kier molecular flexibility index (Phi) is 4.62. The van der Waals surface area contributed by atoms with Gasteiger partial charge in [-0.3, -0.25) is 14.5 Å². The van der Waals surface area contributed by atoms with Gasteiger partial charge in [-0.2, -0.15) is 5.10 Å². The Morgan fingerprint density at radius 1 is 1.21 bits per heavy atom. The molecule has 0 aliphatic heterocycles. The van der Waals surface area contributed by atoms with Gasteiger partial charge in [0.25, 0.3) is 5.91 Å². The number of nitrogens with zero attached hydrogens (tertiary/aromatic N) is 3. The van der Waals surface area contributed by atoms with Crippen LogP contribution in [-0.2, 0) is 6.54 Å². The molecule has 3 aromatic rings. The highest BCUT2D eigenvalue weighted by atomic mass is 35.5. The van der Waals surface area contributed by atoms with Crippen LogP contribution >= 0.6 is 11.6 Å². The van der Waals surface area contributed by atoms with Gasteiger partial charge in [0, 0.05) is 11.8 Å². The summed E-state index contributed by atoms with van der Waals surface area (Å²) in [7, 11) is 0. The predicted octanol–water partition coefficient (Wildman–Crippen LogP) is 3.85. The average Bonchev–Trinajstić information content (AvgIpc) is 2.83. The number of carbonyl (C=O) groups is 1. The maximum Gasteiger partial charge on any atom is 0.255 e. The van der Waals surface area contributed by atoms with E-state index >= 15 is 0 Å². The quantitative estimate of drug-likeness (QED) is 0.784. The summed E-state index contributed by atoms with van der Waals surface area (Å²) < 4.78 is 1.86. The van der Waals surface area contributed by atoms with Crippen molar-refractivity contribution in [1.29, 1.82) is 0 Å². The SMILES string of the molecule is Cc1nn(Cc2ccc(C(=O)Nc3cccnc3)cc2)c(C)c1Cl. The number of nitrogens with one attached hydrogen (secondary N) is 1. The highest BCUT2D eigenvalue weighted by Gasteiger charge is 2.10. The van der Waals surface area contributed by atoms with Crippen LogP contribution < -0.4 is 5.32 Å². The minimum atomic E-state index is -0.163. The van der Waals surface area contributed by atoms with Crippen molar-refractivity contribution < 1.29 is 4.79 Å². The van der Waals surface area contributed by atoms with Gasteiger partial charge < -0.3 is 5.32 Å². The van der Waals surface area contributed by atoms with Crippen molar-refractivity contribution in [2.45, 2.75) is 20.4 Å². The van der Waals surface area contributed by atoms with Crippen molar-refractivity contribution >= 4 is 23.2 Å². The first-order valence-electron chi connectivity index (χ1n) is 7.54. The Hall–Kier alpha value is -2.66. The van der Waals surface area contributed by atoms with Crippen LogP contribution in [0.4, 0.5) is 5.69 Å². The molecule has 0 atom stereocenters. The van der Waals surface area contributed by atoms with Crippen LogP contribution in [-0.4, -0.2) is 20.7 Å². The van der Waals surface area contributed by atoms with Crippen LogP contribution in [0.2, 0.25) is 5.02 Å². The molecule has 1 N–H and O–H groups in total. The molecule has 1 aromatic carbocycles. The number of halogens is 1. The zero-order valence-electron chi connectivity index (χ0n) is 13.5. The fourth-order valence-electron chi connectivity index (χ4n) is 2.40. The minimum Gasteiger partial charge on any atom is -0.321 e. The number of benzene rings is 1. The number of pyridine rings is 1. The second-order valence-electron chi connectivity index (χ2n) is 5.54. The zero-order chi connectivity index (χ0) is 17.1. The molecule has 0 bridgehead atoms. The largest absolute Gasteiger partial charge is 0.321 e. The van der Waals surface area contributed by atoms with Gasteiger partial charge in [-0.15, -0.1) is 0 Å². The molecule has 0 saturated heterocycles. The van der Waals surface area contributed by atoms with Crippen molar-refractivity contribution in [3.05, 3.63) is 76.3 Å². The molecule has 1 amide bonds. The lowest BCUT2D eigenvalue weighted by Gasteiger charge is -2.07. The molecular formula is C18H17ClN4O. The fraction of sp³-hybridized carbons (Fsp3) is 0.167. The Bertz CT molecular complexity index is 857. The van der Waals surface area contributed by atoms with Crippen molar-refractivity contribution in [1.82, 2.24) is 14.8 Å². The van der Waals surface area contributed by atoms with Crippen molar-refractivity contribution in [3.8, 4) is 0 Å². The van der Waals surface area contributed by atoms with Crippen LogP contribution in [0, 0.1) is 13.8 Å². The summed E-state index contributed by atoms with van der Waals surface area (Å²) in [5.41, 5.74) is 4.07. The van der Waals surface area contributed by atoms with Gasteiger partial charge in [0.1, 0.15) is 0 Å². The van der Waals surface area contributed by atoms with Crippen LogP contribution in [0.5, 0.6) is 0 Å². The fourth-order valence-corrected chi connectivity index (χ4v) is 2.54. The number of carbonyl (C=O) groups excluding carboxylic acids is 1. The topological polar surface area (TPSA) is 59.8 Å². The molecule has 5 nitrogen and oxygen atoms in total. The highest BCUT2D eigenvalue weighted by molar-refractivity contribution is 6.31. The molecule has 2 aromatic heterocycles. The molecule has 0 aliphatic carbocycles. The summed E-state index contributed by atoms with van der Waals surface area (Å²) in [5.74, 6) is -0.163. The predicted molar refractivity (Wildman–Crippen MR) is 94.4 cm³/mol. The second-order valence-corrected chi connectivity index (χ2v) is 5.91. The summed E-state index contributed by atoms with van der Waals surface area (Å²) in [4.78, 5) is 16.2. The van der Waals surface area contributed by atoms with E-state index in [2.05, 4.69) is 15.4 Å². The normalized spacial score (nSPS) is 10.6. The lowest BCUT2D eigenvalue weighted by Crippen LogP contribution is -2.12. The summed E-state index contributed by atoms with van der Waals surface area (Å²) >= 11 is 6.17. The second kappa shape index (κ2) is 6.84. The van der Waals surface area contributed by atoms with Crippen molar-refractivity contribution in [2.75, 3.05) is 5.32 Å². The number of aryl methyl sites for hydroxylation is 1. The van der Waals surface area contributed by atoms with Crippen LogP contribution in [0.1, 0.15) is 27.3 Å². The van der Waals surface area contributed by atoms with E-state index in [-0.39, 0.29) is 5.91 Å². The molecule has 3 rings (SSSR count). The van der Waals surface area contributed by atoms with E-state index in [1.54, 1.807) is 36.7 Å². The lowest BCUT2D eigenvalue weighted by molar-refractivity contribution is 0.102. The number of aromatic nitrogens is 3. The van der Waals surface area contributed by atoms with E-state index in [1.165, 1.54) is 0 Å². The van der Waals surface area contributed by atoms with Gasteiger partial charge in [-0.25, -0.2) is 0 Å². The van der Waals surface area contributed by atoms with Gasteiger partial charge >= 0.3 is 0 Å². The van der Waals surface area contributed by atoms with Crippen LogP contribution in [0.15, 0.2) is 48.8 Å². The van der Waals surface area contributed by atoms with E-state index < -0.39 is 0 Å². The van der Waals surface area contributed by atoms with Gasteiger partial charge in [0.05, 0.1) is 34.8 Å². The summed E-state index contributed by atoms with van der Waals surface area (Å²) in [6, 6.07) is 11.0. The van der Waals surface area contributed by atoms with Crippen molar-refractivity contribution in [2.24, 2.45) is 0 Å². The third-order valence-electron chi connectivity index (χ3n) is 3.76. The molecule has 0 saturated carbocycles. The standard InChI is InChI=1S/C18H17ClN4O/c1-12-17(19)13(2)23(22-12)11-14-5-7-15(8-6-14)18(24)21-16-4-3-9-20-10-16/h3-10H,11H2,1-2H3,(H,21,24). The number of rotatable bonds is 4. The highest BCUT2D eigenvalue weighted by Crippen LogP contribution is 2.20. The third-order valence-corrected chi connectivity index (χ3v) is 4.31. The molecule has 122 valence electrons. The molecule has 24 heavy (non-hydrogen) atoms. The Balaban J connectivity index is 1.71. The molecule has 0 aliphatic rings. The molecular weight excluding hydrogens is 324 g/mol. The Labute approximate surface area is 145 Å². The van der Waals surface area contributed by atoms with Crippen LogP contribution in [0.3, 0.4) is 0 Å². The maximum atomic E-state index is 12.2. The first kappa shape index (κ1) is 16.2. The van der Waals surface area contributed by atoms with Gasteiger partial charge in [-0.05, 0) is 43.7 Å². The first-order chi connectivity index (χ1) is 11.5. The molecule has 2 heterocycles. The van der Waals surface area contributed by atoms with E-state index in [1.807, 2.05) is 30.7 Å². The molecule has 0 radical (unpaired) electrons. The molecule has 0 spiro atoms. The summed E-state index contributed by atoms with van der Waals surface area (Å²) in [6.07, 6.45) is 3.27. The Morgan fingerprint density at radius 2 is 1.96 bits per heavy atom. The number of hydrogen-bond acceptors (Lipinski definition) is 3. The molecule has 6 heteroatoms. The third kappa shape index (κ3) is 3.46. The monoisotopic (exact) mass is 340 g/mol.